The highest BCUT2D eigenvalue weighted by atomic mass is 32.1. The molecule has 3 aromatic rings. The van der Waals surface area contributed by atoms with E-state index in [2.05, 4.69) is 115 Å². The van der Waals surface area contributed by atoms with Crippen molar-refractivity contribution < 1.29 is 4.74 Å². The zero-order valence-electron chi connectivity index (χ0n) is 21.2. The lowest BCUT2D eigenvalue weighted by Crippen LogP contribution is -2.48. The molecule has 33 heavy (non-hydrogen) atoms. The summed E-state index contributed by atoms with van der Waals surface area (Å²) in [5.74, 6) is 1.09. The molecule has 1 nitrogen and oxygen atoms in total. The molecule has 0 aromatic heterocycles. The molecule has 0 fully saturated rings. The molecule has 3 aromatic carbocycles. The maximum Gasteiger partial charge on any atom is 0.126 e. The smallest absolute Gasteiger partial charge is 0.126 e. The van der Waals surface area contributed by atoms with Crippen molar-refractivity contribution in [1.29, 1.82) is 0 Å². The van der Waals surface area contributed by atoms with Gasteiger partial charge >= 0.3 is 0 Å². The monoisotopic (exact) mass is 458 g/mol. The summed E-state index contributed by atoms with van der Waals surface area (Å²) in [4.78, 5) is 1.04. The van der Waals surface area contributed by atoms with Crippen molar-refractivity contribution in [1.82, 2.24) is 0 Å². The molecule has 0 radical (unpaired) electrons. The van der Waals surface area contributed by atoms with E-state index in [1.165, 1.54) is 27.8 Å². The fraction of sp³-hybridized carbons (Fsp3) is 0.419. The lowest BCUT2D eigenvalue weighted by molar-refractivity contribution is 0.0896. The summed E-state index contributed by atoms with van der Waals surface area (Å²) in [7, 11) is 0. The second-order valence-corrected chi connectivity index (χ2v) is 12.4. The summed E-state index contributed by atoms with van der Waals surface area (Å²) in [6.07, 6.45) is 1.82. The zero-order chi connectivity index (χ0) is 24.0. The Bertz CT molecular complexity index is 1130. The average Bonchev–Trinajstić information content (AvgIpc) is 2.73. The highest BCUT2D eigenvalue weighted by Gasteiger charge is 2.44. The maximum absolute atomic E-state index is 7.05. The molecule has 1 aliphatic heterocycles. The van der Waals surface area contributed by atoms with E-state index >= 15 is 0 Å². The molecule has 2 atom stereocenters. The van der Waals surface area contributed by atoms with Crippen molar-refractivity contribution in [3.05, 3.63) is 94.5 Å². The highest BCUT2D eigenvalue weighted by molar-refractivity contribution is 7.80. The van der Waals surface area contributed by atoms with Crippen LogP contribution in [0.5, 0.6) is 5.75 Å². The molecule has 4 rings (SSSR count). The Kier molecular flexibility index (Phi) is 6.20. The molecule has 1 unspecified atom stereocenters. The van der Waals surface area contributed by atoms with Gasteiger partial charge in [-0.15, -0.1) is 12.6 Å². The van der Waals surface area contributed by atoms with E-state index in [0.717, 1.165) is 23.5 Å². The molecule has 174 valence electrons. The number of benzene rings is 3. The van der Waals surface area contributed by atoms with Gasteiger partial charge in [0.15, 0.2) is 0 Å². The molecule has 1 aliphatic rings. The summed E-state index contributed by atoms with van der Waals surface area (Å²) < 4.78 is 7.05. The number of rotatable bonds is 3. The Hall–Kier alpha value is -2.19. The van der Waals surface area contributed by atoms with Crippen molar-refractivity contribution in [2.24, 2.45) is 0 Å². The minimum absolute atomic E-state index is 0.00215. The average molecular weight is 459 g/mol. The zero-order valence-corrected chi connectivity index (χ0v) is 22.1. The molecule has 0 amide bonds. The molecule has 2 heteroatoms. The molecule has 1 heterocycles. The first-order valence-electron chi connectivity index (χ1n) is 12.1. The molecule has 0 saturated heterocycles. The van der Waals surface area contributed by atoms with E-state index in [-0.39, 0.29) is 22.3 Å². The third kappa shape index (κ3) is 4.73. The van der Waals surface area contributed by atoms with Gasteiger partial charge < -0.3 is 4.74 Å². The van der Waals surface area contributed by atoms with Crippen LogP contribution >= 0.6 is 12.6 Å². The Morgan fingerprint density at radius 3 is 2.12 bits per heavy atom. The van der Waals surface area contributed by atoms with E-state index in [1.54, 1.807) is 0 Å². The van der Waals surface area contributed by atoms with Crippen molar-refractivity contribution in [3.63, 3.8) is 0 Å². The Balaban J connectivity index is 1.92. The third-order valence-corrected chi connectivity index (χ3v) is 7.54. The lowest BCUT2D eigenvalue weighted by atomic mass is 9.68. The first-order valence-corrected chi connectivity index (χ1v) is 12.5. The molecular formula is C31H38OS. The SMILES string of the molecule is CC(C)(C)c1cc2c(c(C(C)(C)C)c1)O[C@@H](Cc1ccccc1)C(C)(c1ccccc1S)C2. The van der Waals surface area contributed by atoms with Crippen LogP contribution < -0.4 is 4.74 Å². The van der Waals surface area contributed by atoms with Crippen LogP contribution in [0.25, 0.3) is 0 Å². The minimum Gasteiger partial charge on any atom is -0.489 e. The van der Waals surface area contributed by atoms with Gasteiger partial charge in [-0.05, 0) is 45.6 Å². The normalized spacial score (nSPS) is 20.8. The maximum atomic E-state index is 7.05. The van der Waals surface area contributed by atoms with Gasteiger partial charge in [0, 0.05) is 22.3 Å². The number of fused-ring (bicyclic) bond motifs is 1. The first-order chi connectivity index (χ1) is 15.4. The van der Waals surface area contributed by atoms with Gasteiger partial charge in [0.05, 0.1) is 0 Å². The van der Waals surface area contributed by atoms with Crippen LogP contribution in [0.1, 0.15) is 76.3 Å². The third-order valence-electron chi connectivity index (χ3n) is 7.15. The molecular weight excluding hydrogens is 420 g/mol. The summed E-state index contributed by atoms with van der Waals surface area (Å²) in [5, 5.41) is 0. The Labute approximate surface area is 206 Å². The van der Waals surface area contributed by atoms with E-state index < -0.39 is 0 Å². The summed E-state index contributed by atoms with van der Waals surface area (Å²) in [6.45, 7) is 16.1. The minimum atomic E-state index is -0.188. The second-order valence-electron chi connectivity index (χ2n) is 11.9. The van der Waals surface area contributed by atoms with Gasteiger partial charge in [0.25, 0.3) is 0 Å². The van der Waals surface area contributed by atoms with Gasteiger partial charge in [-0.2, -0.15) is 0 Å². The fourth-order valence-electron chi connectivity index (χ4n) is 5.05. The van der Waals surface area contributed by atoms with Gasteiger partial charge in [0.2, 0.25) is 0 Å². The van der Waals surface area contributed by atoms with Gasteiger partial charge in [0.1, 0.15) is 11.9 Å². The highest BCUT2D eigenvalue weighted by Crippen LogP contribution is 2.48. The van der Waals surface area contributed by atoms with Crippen molar-refractivity contribution in [3.8, 4) is 5.75 Å². The van der Waals surface area contributed by atoms with Gasteiger partial charge in [-0.3, -0.25) is 0 Å². The lowest BCUT2D eigenvalue weighted by Gasteiger charge is -2.45. The van der Waals surface area contributed by atoms with Crippen LogP contribution in [-0.4, -0.2) is 6.10 Å². The largest absolute Gasteiger partial charge is 0.489 e. The molecule has 0 spiro atoms. The van der Waals surface area contributed by atoms with Crippen molar-refractivity contribution >= 4 is 12.6 Å². The van der Waals surface area contributed by atoms with Crippen LogP contribution in [-0.2, 0) is 29.1 Å². The van der Waals surface area contributed by atoms with E-state index in [1.807, 2.05) is 0 Å². The summed E-state index contributed by atoms with van der Waals surface area (Å²) in [6, 6.07) is 24.0. The Morgan fingerprint density at radius 2 is 1.52 bits per heavy atom. The van der Waals surface area contributed by atoms with Crippen molar-refractivity contribution in [2.45, 2.75) is 88.6 Å². The number of ether oxygens (including phenoxy) is 1. The molecule has 0 aliphatic carbocycles. The molecule has 0 bridgehead atoms. The van der Waals surface area contributed by atoms with E-state index in [0.29, 0.717) is 0 Å². The predicted octanol–water partition coefficient (Wildman–Crippen LogP) is 8.07. The van der Waals surface area contributed by atoms with Crippen LogP contribution in [0, 0.1) is 0 Å². The van der Waals surface area contributed by atoms with Crippen LogP contribution in [0.15, 0.2) is 71.6 Å². The standard InChI is InChI=1S/C31H38OS/c1-29(2,3)23-18-22-20-31(7,24-15-11-12-16-26(24)33)27(17-21-13-9-8-10-14-21)32-28(22)25(19-23)30(4,5)6/h8-16,18-19,27,33H,17,20H2,1-7H3/t27-,31?/m0/s1. The van der Waals surface area contributed by atoms with Crippen LogP contribution in [0.2, 0.25) is 0 Å². The van der Waals surface area contributed by atoms with Crippen LogP contribution in [0.4, 0.5) is 0 Å². The number of hydrogen-bond donors (Lipinski definition) is 1. The topological polar surface area (TPSA) is 9.23 Å². The quantitative estimate of drug-likeness (QED) is 0.390. The fourth-order valence-corrected chi connectivity index (χ4v) is 5.47. The molecule has 0 N–H and O–H groups in total. The van der Waals surface area contributed by atoms with Crippen LogP contribution in [0.3, 0.4) is 0 Å². The summed E-state index contributed by atoms with van der Waals surface area (Å²) in [5.41, 5.74) is 6.45. The second kappa shape index (κ2) is 8.55. The van der Waals surface area contributed by atoms with Crippen molar-refractivity contribution in [2.75, 3.05) is 0 Å². The first kappa shape index (κ1) is 24.0. The van der Waals surface area contributed by atoms with Gasteiger partial charge in [-0.1, -0.05) is 109 Å². The number of hydrogen-bond acceptors (Lipinski definition) is 2. The van der Waals surface area contributed by atoms with E-state index in [9.17, 15) is 0 Å². The summed E-state index contributed by atoms with van der Waals surface area (Å²) >= 11 is 4.88. The van der Waals surface area contributed by atoms with E-state index in [4.69, 9.17) is 17.4 Å². The Morgan fingerprint density at radius 1 is 0.879 bits per heavy atom. The predicted molar refractivity (Wildman–Crippen MR) is 143 cm³/mol. The van der Waals surface area contributed by atoms with Gasteiger partial charge in [-0.25, -0.2) is 0 Å². The number of thiol groups is 1. The molecule has 0 saturated carbocycles.